The molecule has 0 saturated carbocycles. The van der Waals surface area contributed by atoms with Gasteiger partial charge in [0.2, 0.25) is 5.88 Å². The Morgan fingerprint density at radius 3 is 2.65 bits per heavy atom. The molecule has 1 aliphatic heterocycles. The number of hydrogen-bond acceptors (Lipinski definition) is 4. The second kappa shape index (κ2) is 6.10. The SMILES string of the molecule is N#CC1=C(N)Oc2c(c(=O)[nH]c3ccccc23)C1c1ccc(Cl)c(Cl)c1. The minimum atomic E-state index is -0.702. The van der Waals surface area contributed by atoms with Crippen LogP contribution in [-0.2, 0) is 0 Å². The number of halogens is 2. The van der Waals surface area contributed by atoms with E-state index in [4.69, 9.17) is 33.7 Å². The number of allylic oxidation sites excluding steroid dienone is 1. The molecule has 2 aromatic carbocycles. The fraction of sp³-hybridized carbons (Fsp3) is 0.0526. The van der Waals surface area contributed by atoms with Crippen LogP contribution in [0.2, 0.25) is 10.0 Å². The molecule has 4 rings (SSSR count). The van der Waals surface area contributed by atoms with Gasteiger partial charge in [0.25, 0.3) is 5.56 Å². The molecule has 128 valence electrons. The monoisotopic (exact) mass is 383 g/mol. The molecule has 3 aromatic rings. The van der Waals surface area contributed by atoms with Crippen molar-refractivity contribution < 1.29 is 4.74 Å². The van der Waals surface area contributed by atoms with Gasteiger partial charge < -0.3 is 15.5 Å². The Labute approximate surface area is 158 Å². The van der Waals surface area contributed by atoms with E-state index in [2.05, 4.69) is 11.1 Å². The molecule has 0 fully saturated rings. The molecular weight excluding hydrogens is 373 g/mol. The van der Waals surface area contributed by atoms with Gasteiger partial charge in [0.15, 0.2) is 0 Å². The molecule has 1 aromatic heterocycles. The molecule has 5 nitrogen and oxygen atoms in total. The highest BCUT2D eigenvalue weighted by atomic mass is 35.5. The number of aromatic amines is 1. The number of benzene rings is 2. The van der Waals surface area contributed by atoms with Crippen LogP contribution in [-0.4, -0.2) is 4.98 Å². The third-order valence-electron chi connectivity index (χ3n) is 4.36. The summed E-state index contributed by atoms with van der Waals surface area (Å²) in [4.78, 5) is 15.6. The molecule has 0 spiro atoms. The lowest BCUT2D eigenvalue weighted by Gasteiger charge is -2.26. The van der Waals surface area contributed by atoms with Crippen LogP contribution >= 0.6 is 23.2 Å². The number of H-pyrrole nitrogens is 1. The Hall–Kier alpha value is -2.94. The van der Waals surface area contributed by atoms with Crippen molar-refractivity contribution in [2.45, 2.75) is 5.92 Å². The number of ether oxygens (including phenoxy) is 1. The van der Waals surface area contributed by atoms with Crippen LogP contribution < -0.4 is 16.0 Å². The van der Waals surface area contributed by atoms with Crippen molar-refractivity contribution >= 4 is 34.1 Å². The van der Waals surface area contributed by atoms with Gasteiger partial charge in [-0.2, -0.15) is 5.26 Å². The average molecular weight is 384 g/mol. The van der Waals surface area contributed by atoms with Gasteiger partial charge in [0.05, 0.1) is 27.0 Å². The average Bonchev–Trinajstić information content (AvgIpc) is 2.63. The van der Waals surface area contributed by atoms with E-state index in [1.807, 2.05) is 18.2 Å². The fourth-order valence-electron chi connectivity index (χ4n) is 3.20. The van der Waals surface area contributed by atoms with Crippen molar-refractivity contribution in [2.75, 3.05) is 0 Å². The van der Waals surface area contributed by atoms with Gasteiger partial charge in [-0.3, -0.25) is 4.79 Å². The van der Waals surface area contributed by atoms with Gasteiger partial charge >= 0.3 is 0 Å². The molecule has 0 radical (unpaired) electrons. The molecule has 0 aliphatic carbocycles. The number of nitrogens with two attached hydrogens (primary N) is 1. The van der Waals surface area contributed by atoms with Crippen molar-refractivity contribution in [3.8, 4) is 11.8 Å². The third kappa shape index (κ3) is 2.43. The first-order chi connectivity index (χ1) is 12.5. The molecule has 0 amide bonds. The number of pyridine rings is 1. The quantitative estimate of drug-likeness (QED) is 0.662. The Bertz CT molecular complexity index is 1190. The van der Waals surface area contributed by atoms with Crippen LogP contribution in [0.1, 0.15) is 17.0 Å². The van der Waals surface area contributed by atoms with Crippen LogP contribution in [0, 0.1) is 11.3 Å². The van der Waals surface area contributed by atoms with Crippen LogP contribution in [0.15, 0.2) is 58.7 Å². The molecule has 1 unspecified atom stereocenters. The Balaban J connectivity index is 2.08. The highest BCUT2D eigenvalue weighted by Crippen LogP contribution is 2.43. The van der Waals surface area contributed by atoms with E-state index >= 15 is 0 Å². The molecule has 7 heteroatoms. The molecule has 26 heavy (non-hydrogen) atoms. The number of nitrogens with one attached hydrogen (secondary N) is 1. The Morgan fingerprint density at radius 1 is 1.15 bits per heavy atom. The highest BCUT2D eigenvalue weighted by molar-refractivity contribution is 6.42. The van der Waals surface area contributed by atoms with Crippen LogP contribution in [0.5, 0.6) is 5.75 Å². The van der Waals surface area contributed by atoms with Crippen molar-refractivity contribution in [1.82, 2.24) is 4.98 Å². The summed E-state index contributed by atoms with van der Waals surface area (Å²) in [6.45, 7) is 0. The number of fused-ring (bicyclic) bond motifs is 3. The van der Waals surface area contributed by atoms with E-state index in [1.165, 1.54) is 0 Å². The fourth-order valence-corrected chi connectivity index (χ4v) is 3.50. The summed E-state index contributed by atoms with van der Waals surface area (Å²) in [5.74, 6) is -0.393. The lowest BCUT2D eigenvalue weighted by atomic mass is 9.83. The van der Waals surface area contributed by atoms with E-state index in [-0.39, 0.29) is 17.0 Å². The minimum Gasteiger partial charge on any atom is -0.439 e. The summed E-state index contributed by atoms with van der Waals surface area (Å²) >= 11 is 12.1. The smallest absolute Gasteiger partial charge is 0.256 e. The largest absolute Gasteiger partial charge is 0.439 e. The zero-order valence-corrected chi connectivity index (χ0v) is 14.7. The van der Waals surface area contributed by atoms with Crippen molar-refractivity contribution in [3.05, 3.63) is 85.4 Å². The van der Waals surface area contributed by atoms with Gasteiger partial charge in [0, 0.05) is 5.39 Å². The van der Waals surface area contributed by atoms with Crippen LogP contribution in [0.4, 0.5) is 0 Å². The zero-order chi connectivity index (χ0) is 18.4. The summed E-state index contributed by atoms with van der Waals surface area (Å²) in [6.07, 6.45) is 0. The molecular formula is C19H11Cl2N3O2. The molecule has 0 bridgehead atoms. The van der Waals surface area contributed by atoms with Gasteiger partial charge in [-0.1, -0.05) is 41.4 Å². The Morgan fingerprint density at radius 2 is 1.92 bits per heavy atom. The summed E-state index contributed by atoms with van der Waals surface area (Å²) in [5.41, 5.74) is 7.37. The molecule has 3 N–H and O–H groups in total. The number of nitrogens with zero attached hydrogens (tertiary/aromatic N) is 1. The van der Waals surface area contributed by atoms with Gasteiger partial charge in [-0.05, 0) is 29.8 Å². The number of aromatic nitrogens is 1. The first-order valence-electron chi connectivity index (χ1n) is 7.68. The second-order valence-electron chi connectivity index (χ2n) is 5.84. The first kappa shape index (κ1) is 16.5. The normalized spacial score (nSPS) is 16.1. The van der Waals surface area contributed by atoms with E-state index < -0.39 is 5.92 Å². The number of hydrogen-bond donors (Lipinski definition) is 2. The molecule has 1 aliphatic rings. The number of para-hydroxylation sites is 1. The summed E-state index contributed by atoms with van der Waals surface area (Å²) < 4.78 is 5.69. The summed E-state index contributed by atoms with van der Waals surface area (Å²) in [7, 11) is 0. The van der Waals surface area contributed by atoms with Crippen molar-refractivity contribution in [1.29, 1.82) is 5.26 Å². The van der Waals surface area contributed by atoms with Crippen LogP contribution in [0.3, 0.4) is 0 Å². The Kier molecular flexibility index (Phi) is 3.87. The maximum Gasteiger partial charge on any atom is 0.256 e. The zero-order valence-electron chi connectivity index (χ0n) is 13.2. The lowest BCUT2D eigenvalue weighted by Crippen LogP contribution is -2.27. The number of nitriles is 1. The lowest BCUT2D eigenvalue weighted by molar-refractivity contribution is 0.397. The maximum atomic E-state index is 12.8. The first-order valence-corrected chi connectivity index (χ1v) is 8.44. The maximum absolute atomic E-state index is 12.8. The third-order valence-corrected chi connectivity index (χ3v) is 5.10. The molecule has 1 atom stereocenters. The topological polar surface area (TPSA) is 91.9 Å². The van der Waals surface area contributed by atoms with Crippen molar-refractivity contribution in [3.63, 3.8) is 0 Å². The van der Waals surface area contributed by atoms with E-state index in [0.717, 1.165) is 0 Å². The van der Waals surface area contributed by atoms with Gasteiger partial charge in [0.1, 0.15) is 17.4 Å². The number of rotatable bonds is 1. The summed E-state index contributed by atoms with van der Waals surface area (Å²) in [6, 6.07) is 14.2. The highest BCUT2D eigenvalue weighted by Gasteiger charge is 2.34. The van der Waals surface area contributed by atoms with Gasteiger partial charge in [-0.25, -0.2) is 0 Å². The minimum absolute atomic E-state index is 0.0353. The second-order valence-corrected chi connectivity index (χ2v) is 6.66. The van der Waals surface area contributed by atoms with E-state index in [0.29, 0.717) is 37.8 Å². The summed E-state index contributed by atoms with van der Waals surface area (Å²) in [5, 5.41) is 11.0. The van der Waals surface area contributed by atoms with E-state index in [9.17, 15) is 10.1 Å². The molecule has 0 saturated heterocycles. The predicted octanol–water partition coefficient (Wildman–Crippen LogP) is 4.05. The van der Waals surface area contributed by atoms with Gasteiger partial charge in [-0.15, -0.1) is 0 Å². The predicted molar refractivity (Wildman–Crippen MR) is 100 cm³/mol. The molecule has 2 heterocycles. The van der Waals surface area contributed by atoms with Crippen LogP contribution in [0.25, 0.3) is 10.9 Å². The van der Waals surface area contributed by atoms with Crippen molar-refractivity contribution in [2.24, 2.45) is 5.73 Å². The van der Waals surface area contributed by atoms with E-state index in [1.54, 1.807) is 24.3 Å². The standard InChI is InChI=1S/C19H11Cl2N3O2/c20-12-6-5-9(7-13(12)21)15-11(8-22)18(23)26-17-10-3-1-2-4-14(10)24-19(25)16(15)17/h1-7,15H,23H2,(H,24,25).